The van der Waals surface area contributed by atoms with Gasteiger partial charge < -0.3 is 9.88 Å². The molecule has 8 heteroatoms. The summed E-state index contributed by atoms with van der Waals surface area (Å²) in [5, 5.41) is 3.18. The molecule has 2 aromatic carbocycles. The van der Waals surface area contributed by atoms with Gasteiger partial charge in [-0.25, -0.2) is 17.7 Å². The van der Waals surface area contributed by atoms with E-state index in [2.05, 4.69) is 23.7 Å². The normalized spacial score (nSPS) is 12.9. The highest BCUT2D eigenvalue weighted by Gasteiger charge is 2.20. The van der Waals surface area contributed by atoms with Gasteiger partial charge in [-0.1, -0.05) is 57.0 Å². The smallest absolute Gasteiger partial charge is 0.242 e. The SMILES string of the molecule is CCCCn1c(CCC(=O)NC(CCC)c2ccccc2)nc2cc(S(=O)(=O)N(C)C)ccc21. The van der Waals surface area contributed by atoms with Crippen molar-refractivity contribution in [1.82, 2.24) is 19.2 Å². The van der Waals surface area contributed by atoms with Crippen molar-refractivity contribution in [2.75, 3.05) is 14.1 Å². The van der Waals surface area contributed by atoms with Crippen LogP contribution in [0.2, 0.25) is 0 Å². The molecule has 0 aliphatic rings. The number of unbranched alkanes of at least 4 members (excludes halogenated alkanes) is 1. The summed E-state index contributed by atoms with van der Waals surface area (Å²) < 4.78 is 28.5. The Bertz CT molecular complexity index is 1200. The fraction of sp³-hybridized carbons (Fsp3) is 0.462. The fourth-order valence-electron chi connectivity index (χ4n) is 4.08. The average Bonchev–Trinajstić information content (AvgIpc) is 3.18. The first-order valence-corrected chi connectivity index (χ1v) is 13.5. The molecule has 0 saturated carbocycles. The van der Waals surface area contributed by atoms with Gasteiger partial charge in [0.15, 0.2) is 0 Å². The molecule has 1 aromatic heterocycles. The summed E-state index contributed by atoms with van der Waals surface area (Å²) in [6.07, 6.45) is 4.69. The van der Waals surface area contributed by atoms with Crippen molar-refractivity contribution in [3.8, 4) is 0 Å². The Morgan fingerprint density at radius 2 is 1.82 bits per heavy atom. The molecule has 3 aromatic rings. The van der Waals surface area contributed by atoms with E-state index in [1.165, 1.54) is 18.4 Å². The average molecular weight is 485 g/mol. The molecule has 0 radical (unpaired) electrons. The highest BCUT2D eigenvalue weighted by Crippen LogP contribution is 2.24. The maximum Gasteiger partial charge on any atom is 0.242 e. The van der Waals surface area contributed by atoms with Crippen LogP contribution in [0.4, 0.5) is 0 Å². The van der Waals surface area contributed by atoms with E-state index in [0.717, 1.165) is 49.1 Å². The molecule has 1 N–H and O–H groups in total. The van der Waals surface area contributed by atoms with E-state index >= 15 is 0 Å². The zero-order chi connectivity index (χ0) is 24.7. The van der Waals surface area contributed by atoms with Crippen LogP contribution in [-0.4, -0.2) is 42.3 Å². The molecular formula is C26H36N4O3S. The Morgan fingerprint density at radius 3 is 2.47 bits per heavy atom. The summed E-state index contributed by atoms with van der Waals surface area (Å²) >= 11 is 0. The molecule has 1 amide bonds. The molecule has 3 rings (SSSR count). The van der Waals surface area contributed by atoms with Crippen molar-refractivity contribution in [1.29, 1.82) is 0 Å². The number of sulfonamides is 1. The van der Waals surface area contributed by atoms with Crippen LogP contribution in [0.25, 0.3) is 11.0 Å². The second kappa shape index (κ2) is 11.6. The van der Waals surface area contributed by atoms with E-state index in [4.69, 9.17) is 4.98 Å². The Labute approximate surface area is 203 Å². The Kier molecular flexibility index (Phi) is 8.85. The highest BCUT2D eigenvalue weighted by atomic mass is 32.2. The first-order valence-electron chi connectivity index (χ1n) is 12.0. The number of imidazole rings is 1. The molecule has 0 fully saturated rings. The van der Waals surface area contributed by atoms with Crippen LogP contribution in [0.15, 0.2) is 53.4 Å². The molecule has 7 nitrogen and oxygen atoms in total. The lowest BCUT2D eigenvalue weighted by Gasteiger charge is -2.18. The molecule has 0 bridgehead atoms. The van der Waals surface area contributed by atoms with Crippen molar-refractivity contribution in [3.05, 3.63) is 59.9 Å². The van der Waals surface area contributed by atoms with Gasteiger partial charge in [-0.3, -0.25) is 4.79 Å². The van der Waals surface area contributed by atoms with Gasteiger partial charge in [0, 0.05) is 33.5 Å². The van der Waals surface area contributed by atoms with Crippen molar-refractivity contribution in [3.63, 3.8) is 0 Å². The van der Waals surface area contributed by atoms with E-state index in [0.29, 0.717) is 18.4 Å². The van der Waals surface area contributed by atoms with Gasteiger partial charge in [0.2, 0.25) is 15.9 Å². The zero-order valence-corrected chi connectivity index (χ0v) is 21.4. The maximum absolute atomic E-state index is 12.8. The largest absolute Gasteiger partial charge is 0.349 e. The van der Waals surface area contributed by atoms with Crippen molar-refractivity contribution >= 4 is 27.0 Å². The minimum Gasteiger partial charge on any atom is -0.349 e. The molecule has 34 heavy (non-hydrogen) atoms. The Morgan fingerprint density at radius 1 is 1.09 bits per heavy atom. The van der Waals surface area contributed by atoms with Crippen LogP contribution in [0.1, 0.15) is 63.4 Å². The van der Waals surface area contributed by atoms with Gasteiger partial charge in [-0.2, -0.15) is 0 Å². The van der Waals surface area contributed by atoms with Crippen LogP contribution >= 0.6 is 0 Å². The number of carbonyl (C=O) groups is 1. The first-order chi connectivity index (χ1) is 16.3. The third kappa shape index (κ3) is 6.04. The number of carbonyl (C=O) groups excluding carboxylic acids is 1. The van der Waals surface area contributed by atoms with E-state index in [9.17, 15) is 13.2 Å². The monoisotopic (exact) mass is 484 g/mol. The summed E-state index contributed by atoms with van der Waals surface area (Å²) in [6, 6.07) is 15.1. The molecule has 0 saturated heterocycles. The first kappa shape index (κ1) is 25.9. The van der Waals surface area contributed by atoms with Gasteiger partial charge in [-0.15, -0.1) is 0 Å². The lowest BCUT2D eigenvalue weighted by molar-refractivity contribution is -0.121. The van der Waals surface area contributed by atoms with Gasteiger partial charge in [0.05, 0.1) is 22.0 Å². The molecule has 0 aliphatic heterocycles. The topological polar surface area (TPSA) is 84.3 Å². The van der Waals surface area contributed by atoms with Gasteiger partial charge in [0.25, 0.3) is 0 Å². The van der Waals surface area contributed by atoms with Crippen molar-refractivity contribution in [2.24, 2.45) is 0 Å². The predicted molar refractivity (Wildman–Crippen MR) is 136 cm³/mol. The molecule has 1 heterocycles. The van der Waals surface area contributed by atoms with E-state index in [1.54, 1.807) is 12.1 Å². The quantitative estimate of drug-likeness (QED) is 0.405. The number of hydrogen-bond donors (Lipinski definition) is 1. The number of benzene rings is 2. The summed E-state index contributed by atoms with van der Waals surface area (Å²) in [4.78, 5) is 17.8. The number of nitrogens with one attached hydrogen (secondary N) is 1. The van der Waals surface area contributed by atoms with Crippen molar-refractivity contribution < 1.29 is 13.2 Å². The number of hydrogen-bond acceptors (Lipinski definition) is 4. The highest BCUT2D eigenvalue weighted by molar-refractivity contribution is 7.89. The van der Waals surface area contributed by atoms with Crippen molar-refractivity contribution in [2.45, 2.75) is 69.9 Å². The minimum atomic E-state index is -3.54. The second-order valence-electron chi connectivity index (χ2n) is 8.79. The standard InChI is InChI=1S/C26H36N4O3S/c1-5-7-18-30-24-15-14-21(34(32,33)29(3)4)19-23(24)27-25(30)16-17-26(31)28-22(11-6-2)20-12-9-8-10-13-20/h8-10,12-15,19,22H,5-7,11,16-18H2,1-4H3,(H,28,31). The molecule has 184 valence electrons. The Balaban J connectivity index is 1.81. The van der Waals surface area contributed by atoms with E-state index < -0.39 is 10.0 Å². The number of nitrogens with zero attached hydrogens (tertiary/aromatic N) is 3. The van der Waals surface area contributed by atoms with E-state index in [1.807, 2.05) is 36.4 Å². The van der Waals surface area contributed by atoms with E-state index in [-0.39, 0.29) is 16.8 Å². The second-order valence-corrected chi connectivity index (χ2v) is 10.9. The van der Waals surface area contributed by atoms with Crippen LogP contribution < -0.4 is 5.32 Å². The number of amides is 1. The minimum absolute atomic E-state index is 0.00333. The van der Waals surface area contributed by atoms with Gasteiger partial charge in [0.1, 0.15) is 5.82 Å². The fourth-order valence-corrected chi connectivity index (χ4v) is 5.00. The lowest BCUT2D eigenvalue weighted by atomic mass is 10.0. The van der Waals surface area contributed by atoms with Crippen LogP contribution in [-0.2, 0) is 27.8 Å². The molecule has 0 spiro atoms. The summed E-state index contributed by atoms with van der Waals surface area (Å²) in [7, 11) is -0.503. The van der Waals surface area contributed by atoms with Crippen LogP contribution in [0.5, 0.6) is 0 Å². The van der Waals surface area contributed by atoms with Crippen LogP contribution in [0, 0.1) is 0 Å². The summed E-state index contributed by atoms with van der Waals surface area (Å²) in [5.41, 5.74) is 2.65. The number of aromatic nitrogens is 2. The predicted octanol–water partition coefficient (Wildman–Crippen LogP) is 4.68. The molecule has 0 aliphatic carbocycles. The molecule has 1 unspecified atom stereocenters. The summed E-state index contributed by atoms with van der Waals surface area (Å²) in [5.74, 6) is 0.803. The number of rotatable bonds is 12. The third-order valence-corrected chi connectivity index (χ3v) is 7.81. The van der Waals surface area contributed by atoms with Crippen LogP contribution in [0.3, 0.4) is 0 Å². The molecule has 1 atom stereocenters. The molecular weight excluding hydrogens is 448 g/mol. The van der Waals surface area contributed by atoms with Gasteiger partial charge >= 0.3 is 0 Å². The Hall–Kier alpha value is -2.71. The zero-order valence-electron chi connectivity index (χ0n) is 20.6. The number of fused-ring (bicyclic) bond motifs is 1. The third-order valence-electron chi connectivity index (χ3n) is 6.00. The van der Waals surface area contributed by atoms with Gasteiger partial charge in [-0.05, 0) is 36.6 Å². The summed E-state index contributed by atoms with van der Waals surface area (Å²) in [6.45, 7) is 5.03. The lowest BCUT2D eigenvalue weighted by Crippen LogP contribution is -2.29. The number of aryl methyl sites for hydroxylation is 2. The maximum atomic E-state index is 12.8.